The molecule has 0 atom stereocenters. The van der Waals surface area contributed by atoms with Gasteiger partial charge in [0.2, 0.25) is 0 Å². The van der Waals surface area contributed by atoms with Gasteiger partial charge in [-0.05, 0) is 36.4 Å². The molecule has 0 aromatic heterocycles. The van der Waals surface area contributed by atoms with E-state index in [1.165, 1.54) is 0 Å². The molecular weight excluding hydrogens is 339 g/mol. The highest BCUT2D eigenvalue weighted by Gasteiger charge is 2.47. The zero-order valence-corrected chi connectivity index (χ0v) is 15.3. The van der Waals surface area contributed by atoms with Crippen molar-refractivity contribution in [1.82, 2.24) is 0 Å². The van der Waals surface area contributed by atoms with Gasteiger partial charge in [-0.1, -0.05) is 60.5 Å². The summed E-state index contributed by atoms with van der Waals surface area (Å²) in [5.41, 5.74) is 0. The Bertz CT molecular complexity index is 787. The minimum absolute atomic E-state index is 0.00278. The van der Waals surface area contributed by atoms with Gasteiger partial charge in [-0.2, -0.15) is 0 Å². The molecule has 0 heterocycles. The first-order valence-electron chi connectivity index (χ1n) is 8.41. The number of rotatable bonds is 6. The molecule has 3 aromatic rings. The predicted octanol–water partition coefficient (Wildman–Crippen LogP) is 3.16. The van der Waals surface area contributed by atoms with Crippen LogP contribution in [0.5, 0.6) is 0 Å². The fourth-order valence-corrected chi connectivity index (χ4v) is 7.09. The van der Waals surface area contributed by atoms with Gasteiger partial charge >= 0.3 is 5.97 Å². The molecule has 3 aromatic carbocycles. The highest BCUT2D eigenvalue weighted by atomic mass is 31.2. The van der Waals surface area contributed by atoms with Crippen LogP contribution in [0.2, 0.25) is 0 Å². The minimum Gasteiger partial charge on any atom is -0.450 e. The van der Waals surface area contributed by atoms with Crippen LogP contribution in [0.15, 0.2) is 91.0 Å². The Labute approximate surface area is 155 Å². The normalized spacial score (nSPS) is 10.7. The zero-order chi connectivity index (χ0) is 18.2. The number of hydrogen-bond acceptors (Lipinski definition) is 2. The molecule has 0 unspecified atom stereocenters. The molecule has 0 bridgehead atoms. The summed E-state index contributed by atoms with van der Waals surface area (Å²) in [7, 11) is -2.19. The van der Waals surface area contributed by atoms with Gasteiger partial charge in [0.15, 0.2) is 12.8 Å². The maximum absolute atomic E-state index is 12.6. The van der Waals surface area contributed by atoms with E-state index in [9.17, 15) is 4.79 Å². The summed E-state index contributed by atoms with van der Waals surface area (Å²) >= 11 is 0. The molecule has 0 saturated carbocycles. The van der Waals surface area contributed by atoms with Gasteiger partial charge in [0.1, 0.15) is 23.2 Å². The Morgan fingerprint density at radius 3 is 1.50 bits per heavy atom. The van der Waals surface area contributed by atoms with E-state index in [1.54, 1.807) is 0 Å². The highest BCUT2D eigenvalue weighted by Crippen LogP contribution is 2.55. The Balaban J connectivity index is 2.21. The van der Waals surface area contributed by atoms with E-state index in [-0.39, 0.29) is 18.7 Å². The lowest BCUT2D eigenvalue weighted by atomic mass is 10.4. The summed E-state index contributed by atoms with van der Waals surface area (Å²) in [4.78, 5) is 12.6. The first-order chi connectivity index (χ1) is 12.8. The number of hydrogen-bond donors (Lipinski definition) is 0. The Morgan fingerprint density at radius 1 is 0.769 bits per heavy atom. The zero-order valence-electron chi connectivity index (χ0n) is 14.4. The SMILES string of the molecule is C#CCOC(=O)C[P+](c1ccccc1)(c1ccccc1)c1ccccc1. The van der Waals surface area contributed by atoms with Gasteiger partial charge in [0.25, 0.3) is 0 Å². The van der Waals surface area contributed by atoms with Crippen molar-refractivity contribution in [2.45, 2.75) is 0 Å². The number of esters is 1. The molecular formula is C23H20O2P+. The van der Waals surface area contributed by atoms with Crippen LogP contribution in [0.1, 0.15) is 0 Å². The summed E-state index contributed by atoms with van der Waals surface area (Å²) in [6.07, 6.45) is 5.54. The maximum Gasteiger partial charge on any atom is 0.346 e. The van der Waals surface area contributed by atoms with Crippen LogP contribution in [0, 0.1) is 12.3 Å². The average molecular weight is 359 g/mol. The number of terminal acetylenes is 1. The van der Waals surface area contributed by atoms with Gasteiger partial charge < -0.3 is 4.74 Å². The van der Waals surface area contributed by atoms with E-state index in [0.717, 1.165) is 15.9 Å². The third kappa shape index (κ3) is 3.69. The molecule has 3 heteroatoms. The van der Waals surface area contributed by atoms with E-state index >= 15 is 0 Å². The number of benzene rings is 3. The molecule has 0 N–H and O–H groups in total. The second-order valence-corrected chi connectivity index (χ2v) is 9.32. The van der Waals surface area contributed by atoms with Crippen LogP contribution in [0.3, 0.4) is 0 Å². The van der Waals surface area contributed by atoms with E-state index in [2.05, 4.69) is 42.3 Å². The summed E-state index contributed by atoms with van der Waals surface area (Å²) in [6, 6.07) is 30.7. The number of carbonyl (C=O) groups is 1. The van der Waals surface area contributed by atoms with Crippen molar-refractivity contribution < 1.29 is 9.53 Å². The van der Waals surface area contributed by atoms with Crippen LogP contribution >= 0.6 is 7.26 Å². The van der Waals surface area contributed by atoms with Gasteiger partial charge in [0, 0.05) is 0 Å². The second kappa shape index (κ2) is 8.48. The van der Waals surface area contributed by atoms with Crippen LogP contribution in [0.4, 0.5) is 0 Å². The van der Waals surface area contributed by atoms with E-state index in [4.69, 9.17) is 11.2 Å². The van der Waals surface area contributed by atoms with Crippen molar-refractivity contribution in [3.8, 4) is 12.3 Å². The van der Waals surface area contributed by atoms with Gasteiger partial charge in [-0.25, -0.2) is 4.79 Å². The molecule has 128 valence electrons. The largest absolute Gasteiger partial charge is 0.450 e. The van der Waals surface area contributed by atoms with Crippen molar-refractivity contribution in [3.63, 3.8) is 0 Å². The first kappa shape index (κ1) is 17.9. The lowest BCUT2D eigenvalue weighted by Gasteiger charge is -2.26. The summed E-state index contributed by atoms with van der Waals surface area (Å²) in [5, 5.41) is 3.44. The summed E-state index contributed by atoms with van der Waals surface area (Å²) in [5.74, 6) is 2.10. The van der Waals surface area contributed by atoms with Crippen LogP contribution < -0.4 is 15.9 Å². The molecule has 26 heavy (non-hydrogen) atoms. The predicted molar refractivity (Wildman–Crippen MR) is 110 cm³/mol. The quantitative estimate of drug-likeness (QED) is 0.384. The highest BCUT2D eigenvalue weighted by molar-refractivity contribution is 7.96. The summed E-state index contributed by atoms with van der Waals surface area (Å²) < 4.78 is 5.26. The minimum atomic E-state index is -2.19. The number of carbonyl (C=O) groups excluding carboxylic acids is 1. The van der Waals surface area contributed by atoms with Crippen molar-refractivity contribution in [1.29, 1.82) is 0 Å². The fourth-order valence-electron chi connectivity index (χ4n) is 3.13. The third-order valence-corrected chi connectivity index (χ3v) is 8.55. The second-order valence-electron chi connectivity index (χ2n) is 5.84. The van der Waals surface area contributed by atoms with Crippen molar-refractivity contribution in [2.75, 3.05) is 12.8 Å². The molecule has 0 radical (unpaired) electrons. The maximum atomic E-state index is 12.6. The van der Waals surface area contributed by atoms with Gasteiger partial charge in [-0.15, -0.1) is 6.42 Å². The Hall–Kier alpha value is -2.88. The number of ether oxygens (including phenoxy) is 1. The van der Waals surface area contributed by atoms with E-state index in [1.807, 2.05) is 54.6 Å². The molecule has 2 nitrogen and oxygen atoms in total. The first-order valence-corrected chi connectivity index (χ1v) is 10.4. The smallest absolute Gasteiger partial charge is 0.346 e. The van der Waals surface area contributed by atoms with Crippen LogP contribution in [-0.4, -0.2) is 18.7 Å². The van der Waals surface area contributed by atoms with Crippen molar-refractivity contribution in [2.24, 2.45) is 0 Å². The summed E-state index contributed by atoms with van der Waals surface area (Å²) in [6.45, 7) is -0.00278. The Kier molecular flexibility index (Phi) is 5.84. The monoisotopic (exact) mass is 359 g/mol. The van der Waals surface area contributed by atoms with Crippen LogP contribution in [0.25, 0.3) is 0 Å². The molecule has 0 aliphatic heterocycles. The average Bonchev–Trinajstić information content (AvgIpc) is 2.72. The van der Waals surface area contributed by atoms with Gasteiger partial charge in [-0.3, -0.25) is 0 Å². The molecule has 0 spiro atoms. The molecule has 0 fully saturated rings. The van der Waals surface area contributed by atoms with E-state index < -0.39 is 7.26 Å². The molecule has 0 aliphatic rings. The molecule has 0 saturated heterocycles. The lowest BCUT2D eigenvalue weighted by molar-refractivity contribution is -0.139. The standard InChI is InChI=1S/C23H20O2P/c1-2-18-25-23(24)19-26(20-12-6-3-7-13-20,21-14-8-4-9-15-21)22-16-10-5-11-17-22/h1,3-17H,18-19H2/q+1. The molecule has 0 aliphatic carbocycles. The Morgan fingerprint density at radius 2 is 1.15 bits per heavy atom. The van der Waals surface area contributed by atoms with E-state index in [0.29, 0.717) is 0 Å². The topological polar surface area (TPSA) is 26.3 Å². The van der Waals surface area contributed by atoms with Gasteiger partial charge in [0.05, 0.1) is 0 Å². The lowest BCUT2D eigenvalue weighted by Crippen LogP contribution is -2.36. The fraction of sp³-hybridized carbons (Fsp3) is 0.0870. The molecule has 0 amide bonds. The van der Waals surface area contributed by atoms with Crippen LogP contribution in [-0.2, 0) is 9.53 Å². The molecule has 3 rings (SSSR count). The third-order valence-electron chi connectivity index (χ3n) is 4.27. The van der Waals surface area contributed by atoms with Crippen molar-refractivity contribution >= 4 is 29.1 Å². The van der Waals surface area contributed by atoms with Crippen molar-refractivity contribution in [3.05, 3.63) is 91.0 Å².